The molecule has 1 atom stereocenters. The topological polar surface area (TPSA) is 44.5 Å². The van der Waals surface area contributed by atoms with Gasteiger partial charge >= 0.3 is 0 Å². The highest BCUT2D eigenvalue weighted by Gasteiger charge is 2.20. The molecule has 2 aromatic rings. The first-order valence-corrected chi connectivity index (χ1v) is 9.47. The summed E-state index contributed by atoms with van der Waals surface area (Å²) in [6.07, 6.45) is 1.49. The van der Waals surface area contributed by atoms with Gasteiger partial charge < -0.3 is 14.6 Å². The van der Waals surface area contributed by atoms with Gasteiger partial charge in [0.15, 0.2) is 0 Å². The van der Waals surface area contributed by atoms with Gasteiger partial charge in [-0.05, 0) is 43.0 Å². The molecule has 1 aromatic heterocycles. The van der Waals surface area contributed by atoms with Crippen LogP contribution in [0.1, 0.15) is 25.0 Å². The Morgan fingerprint density at radius 2 is 1.56 bits per heavy atom. The van der Waals surface area contributed by atoms with E-state index in [2.05, 4.69) is 59.2 Å². The minimum atomic E-state index is -0.365. The summed E-state index contributed by atoms with van der Waals surface area (Å²) in [5, 5.41) is 10.6. The summed E-state index contributed by atoms with van der Waals surface area (Å²) < 4.78 is 2.08. The van der Waals surface area contributed by atoms with Gasteiger partial charge in [0, 0.05) is 39.3 Å². The molecule has 5 nitrogen and oxygen atoms in total. The molecule has 0 amide bonds. The van der Waals surface area contributed by atoms with E-state index in [9.17, 15) is 5.11 Å². The van der Waals surface area contributed by atoms with Crippen LogP contribution in [0.5, 0.6) is 0 Å². The van der Waals surface area contributed by atoms with Crippen molar-refractivity contribution in [2.45, 2.75) is 40.3 Å². The Balaban J connectivity index is 1.55. The molecule has 1 fully saturated rings. The molecule has 1 unspecified atom stereocenters. The third kappa shape index (κ3) is 4.60. The molecule has 5 heteroatoms. The first-order valence-electron chi connectivity index (χ1n) is 9.47. The van der Waals surface area contributed by atoms with Crippen molar-refractivity contribution in [1.82, 2.24) is 19.4 Å². The maximum absolute atomic E-state index is 10.6. The van der Waals surface area contributed by atoms with Gasteiger partial charge in [0.1, 0.15) is 0 Å². The summed E-state index contributed by atoms with van der Waals surface area (Å²) in [7, 11) is 0. The van der Waals surface area contributed by atoms with E-state index in [1.165, 1.54) is 17.7 Å². The zero-order chi connectivity index (χ0) is 18.0. The van der Waals surface area contributed by atoms with Gasteiger partial charge in [0.05, 0.1) is 30.0 Å². The Hall–Kier alpha value is -1.43. The van der Waals surface area contributed by atoms with Gasteiger partial charge in [-0.1, -0.05) is 13.8 Å². The second-order valence-corrected chi connectivity index (χ2v) is 7.97. The summed E-state index contributed by atoms with van der Waals surface area (Å²) in [5.41, 5.74) is 4.66. The summed E-state index contributed by atoms with van der Waals surface area (Å²) in [4.78, 5) is 9.40. The fourth-order valence-corrected chi connectivity index (χ4v) is 3.71. The number of aromatic nitrogens is 2. The van der Waals surface area contributed by atoms with Gasteiger partial charge in [0.25, 0.3) is 0 Å². The molecule has 1 aliphatic heterocycles. The minimum absolute atomic E-state index is 0.365. The SMILES string of the molecule is Cc1cc2ncn(CC(O)CN3CCN(CC(C)C)CC3)c2cc1C. The molecular weight excluding hydrogens is 312 g/mol. The number of hydrogen-bond acceptors (Lipinski definition) is 4. The summed E-state index contributed by atoms with van der Waals surface area (Å²) in [6.45, 7) is 15.6. The number of nitrogens with zero attached hydrogens (tertiary/aromatic N) is 4. The first-order chi connectivity index (χ1) is 11.9. The van der Waals surface area contributed by atoms with Gasteiger partial charge in [-0.15, -0.1) is 0 Å². The van der Waals surface area contributed by atoms with Crippen LogP contribution >= 0.6 is 0 Å². The molecule has 1 aromatic carbocycles. The van der Waals surface area contributed by atoms with Crippen molar-refractivity contribution < 1.29 is 5.11 Å². The van der Waals surface area contributed by atoms with Crippen LogP contribution in [0.4, 0.5) is 0 Å². The van der Waals surface area contributed by atoms with E-state index in [4.69, 9.17) is 0 Å². The van der Waals surface area contributed by atoms with Crippen LogP contribution in [-0.2, 0) is 6.54 Å². The number of hydrogen-bond donors (Lipinski definition) is 1. The number of piperazine rings is 1. The van der Waals surface area contributed by atoms with Crippen LogP contribution in [0.3, 0.4) is 0 Å². The van der Waals surface area contributed by atoms with Crippen molar-refractivity contribution in [2.24, 2.45) is 5.92 Å². The lowest BCUT2D eigenvalue weighted by Gasteiger charge is -2.36. The van der Waals surface area contributed by atoms with E-state index in [0.717, 1.165) is 49.7 Å². The van der Waals surface area contributed by atoms with E-state index >= 15 is 0 Å². The highest BCUT2D eigenvalue weighted by Crippen LogP contribution is 2.19. The Morgan fingerprint density at radius 1 is 0.960 bits per heavy atom. The molecule has 1 N–H and O–H groups in total. The number of fused-ring (bicyclic) bond motifs is 1. The molecule has 0 aliphatic carbocycles. The van der Waals surface area contributed by atoms with E-state index in [1.807, 2.05) is 6.33 Å². The van der Waals surface area contributed by atoms with Crippen molar-refractivity contribution >= 4 is 11.0 Å². The third-order valence-electron chi connectivity index (χ3n) is 5.20. The first kappa shape index (κ1) is 18.4. The lowest BCUT2D eigenvalue weighted by molar-refractivity contribution is 0.0617. The van der Waals surface area contributed by atoms with Gasteiger partial charge in [-0.3, -0.25) is 4.90 Å². The molecule has 0 bridgehead atoms. The predicted molar refractivity (Wildman–Crippen MR) is 103 cm³/mol. The number of rotatable bonds is 6. The quantitative estimate of drug-likeness (QED) is 0.873. The maximum atomic E-state index is 10.6. The lowest BCUT2D eigenvalue weighted by atomic mass is 10.1. The molecule has 1 saturated heterocycles. The van der Waals surface area contributed by atoms with Crippen LogP contribution in [0, 0.1) is 19.8 Å². The van der Waals surface area contributed by atoms with Gasteiger partial charge in [-0.2, -0.15) is 0 Å². The highest BCUT2D eigenvalue weighted by atomic mass is 16.3. The van der Waals surface area contributed by atoms with Crippen LogP contribution in [0.2, 0.25) is 0 Å². The largest absolute Gasteiger partial charge is 0.390 e. The van der Waals surface area contributed by atoms with E-state index in [-0.39, 0.29) is 6.10 Å². The van der Waals surface area contributed by atoms with Crippen LogP contribution in [0.25, 0.3) is 11.0 Å². The van der Waals surface area contributed by atoms with Crippen LogP contribution in [0.15, 0.2) is 18.5 Å². The van der Waals surface area contributed by atoms with Crippen molar-refractivity contribution in [1.29, 1.82) is 0 Å². The number of β-amino-alcohol motifs (C(OH)–C–C–N with tert-alkyl or cyclic N) is 1. The molecular formula is C20H32N4O. The number of aryl methyl sites for hydroxylation is 2. The minimum Gasteiger partial charge on any atom is -0.390 e. The summed E-state index contributed by atoms with van der Waals surface area (Å²) in [6, 6.07) is 4.30. The molecule has 1 aliphatic rings. The van der Waals surface area contributed by atoms with Crippen molar-refractivity contribution in [2.75, 3.05) is 39.3 Å². The Bertz CT molecular complexity index is 701. The maximum Gasteiger partial charge on any atom is 0.0959 e. The highest BCUT2D eigenvalue weighted by molar-refractivity contribution is 5.77. The molecule has 0 spiro atoms. The molecule has 138 valence electrons. The smallest absolute Gasteiger partial charge is 0.0959 e. The van der Waals surface area contributed by atoms with Gasteiger partial charge in [0.2, 0.25) is 0 Å². The molecule has 0 radical (unpaired) electrons. The van der Waals surface area contributed by atoms with E-state index in [1.54, 1.807) is 0 Å². The molecule has 3 rings (SSSR count). The number of aliphatic hydroxyl groups is 1. The van der Waals surface area contributed by atoms with Crippen molar-refractivity contribution in [3.8, 4) is 0 Å². The predicted octanol–water partition coefficient (Wildman–Crippen LogP) is 2.29. The summed E-state index contributed by atoms with van der Waals surface area (Å²) in [5.74, 6) is 0.721. The Labute approximate surface area is 151 Å². The standard InChI is InChI=1S/C20H32N4O/c1-15(2)11-22-5-7-23(8-6-22)12-18(25)13-24-14-21-19-9-16(3)17(4)10-20(19)24/h9-10,14-15,18,25H,5-8,11-13H2,1-4H3. The van der Waals surface area contributed by atoms with Crippen LogP contribution in [-0.4, -0.2) is 69.8 Å². The normalized spacial score (nSPS) is 18.3. The Morgan fingerprint density at radius 3 is 2.20 bits per heavy atom. The lowest BCUT2D eigenvalue weighted by Crippen LogP contribution is -2.49. The fourth-order valence-electron chi connectivity index (χ4n) is 3.71. The average molecular weight is 345 g/mol. The molecule has 0 saturated carbocycles. The molecule has 2 heterocycles. The molecule has 25 heavy (non-hydrogen) atoms. The number of benzene rings is 1. The Kier molecular flexibility index (Phi) is 5.77. The number of imidazole rings is 1. The zero-order valence-corrected chi connectivity index (χ0v) is 16.1. The summed E-state index contributed by atoms with van der Waals surface area (Å²) >= 11 is 0. The van der Waals surface area contributed by atoms with E-state index < -0.39 is 0 Å². The monoisotopic (exact) mass is 344 g/mol. The average Bonchev–Trinajstić information content (AvgIpc) is 2.91. The van der Waals surface area contributed by atoms with E-state index in [0.29, 0.717) is 6.54 Å². The number of aliphatic hydroxyl groups excluding tert-OH is 1. The van der Waals surface area contributed by atoms with Gasteiger partial charge in [-0.25, -0.2) is 4.98 Å². The van der Waals surface area contributed by atoms with Crippen LogP contribution < -0.4 is 0 Å². The second kappa shape index (κ2) is 7.85. The second-order valence-electron chi connectivity index (χ2n) is 7.97. The zero-order valence-electron chi connectivity index (χ0n) is 16.1. The van der Waals surface area contributed by atoms with Crippen molar-refractivity contribution in [3.63, 3.8) is 0 Å². The fraction of sp³-hybridized carbons (Fsp3) is 0.650. The van der Waals surface area contributed by atoms with Crippen molar-refractivity contribution in [3.05, 3.63) is 29.6 Å². The third-order valence-corrected chi connectivity index (χ3v) is 5.20.